The molecule has 3 nitrogen and oxygen atoms in total. The highest BCUT2D eigenvalue weighted by molar-refractivity contribution is 5.79. The first kappa shape index (κ1) is 14.6. The lowest BCUT2D eigenvalue weighted by molar-refractivity contribution is -0.137. The lowest BCUT2D eigenvalue weighted by atomic mass is 9.82. The zero-order chi connectivity index (χ0) is 14.8. The Labute approximate surface area is 127 Å². The summed E-state index contributed by atoms with van der Waals surface area (Å²) < 4.78 is 0. The Bertz CT molecular complexity index is 504. The van der Waals surface area contributed by atoms with Gasteiger partial charge in [0.2, 0.25) is 5.91 Å². The number of carbonyl (C=O) groups is 1. The van der Waals surface area contributed by atoms with Gasteiger partial charge in [-0.3, -0.25) is 4.79 Å². The number of hydrogen-bond acceptors (Lipinski definition) is 2. The van der Waals surface area contributed by atoms with E-state index in [0.717, 1.165) is 45.2 Å². The molecular formula is C18H25NO2. The predicted molar refractivity (Wildman–Crippen MR) is 82.9 cm³/mol. The number of aryl methyl sites for hydroxylation is 1. The van der Waals surface area contributed by atoms with Crippen molar-refractivity contribution in [3.8, 4) is 0 Å². The molecule has 0 saturated carbocycles. The molecule has 2 atom stereocenters. The van der Waals surface area contributed by atoms with Crippen LogP contribution >= 0.6 is 0 Å². The molecule has 0 aromatic heterocycles. The molecular weight excluding hydrogens is 262 g/mol. The zero-order valence-electron chi connectivity index (χ0n) is 12.8. The molecule has 1 aromatic carbocycles. The number of aliphatic hydroxyl groups excluding tert-OH is 1. The lowest BCUT2D eigenvalue weighted by Crippen LogP contribution is -2.44. The summed E-state index contributed by atoms with van der Waals surface area (Å²) in [7, 11) is 0. The van der Waals surface area contributed by atoms with Gasteiger partial charge in [-0.25, -0.2) is 0 Å². The number of likely N-dealkylation sites (tertiary alicyclic amines) is 1. The Hall–Kier alpha value is -1.35. The van der Waals surface area contributed by atoms with E-state index < -0.39 is 0 Å². The maximum absolute atomic E-state index is 12.7. The average Bonchev–Trinajstić information content (AvgIpc) is 2.54. The number of aliphatic hydroxyl groups is 1. The van der Waals surface area contributed by atoms with Gasteiger partial charge in [0.05, 0.1) is 6.10 Å². The SMILES string of the molecule is CC(O)C1CCN(C(=O)C2CCc3ccccc3C2)CC1. The first-order valence-corrected chi connectivity index (χ1v) is 8.19. The zero-order valence-corrected chi connectivity index (χ0v) is 12.8. The van der Waals surface area contributed by atoms with E-state index in [1.54, 1.807) is 0 Å². The van der Waals surface area contributed by atoms with E-state index in [0.29, 0.717) is 11.8 Å². The summed E-state index contributed by atoms with van der Waals surface area (Å²) in [6.07, 6.45) is 4.53. The average molecular weight is 287 g/mol. The van der Waals surface area contributed by atoms with E-state index in [9.17, 15) is 9.90 Å². The van der Waals surface area contributed by atoms with Crippen molar-refractivity contribution in [1.82, 2.24) is 4.90 Å². The third kappa shape index (κ3) is 3.13. The van der Waals surface area contributed by atoms with Crippen LogP contribution in [0.1, 0.15) is 37.3 Å². The van der Waals surface area contributed by atoms with Gasteiger partial charge in [0, 0.05) is 19.0 Å². The second-order valence-electron chi connectivity index (χ2n) is 6.61. The van der Waals surface area contributed by atoms with E-state index in [1.807, 2.05) is 11.8 Å². The van der Waals surface area contributed by atoms with Gasteiger partial charge < -0.3 is 10.0 Å². The summed E-state index contributed by atoms with van der Waals surface area (Å²) in [4.78, 5) is 14.7. The van der Waals surface area contributed by atoms with Crippen LogP contribution in [0.5, 0.6) is 0 Å². The maximum Gasteiger partial charge on any atom is 0.226 e. The Morgan fingerprint density at radius 3 is 2.52 bits per heavy atom. The molecule has 2 aliphatic rings. The number of benzene rings is 1. The summed E-state index contributed by atoms with van der Waals surface area (Å²) in [5.41, 5.74) is 2.76. The highest BCUT2D eigenvalue weighted by Crippen LogP contribution is 2.28. The fourth-order valence-electron chi connectivity index (χ4n) is 3.77. The van der Waals surface area contributed by atoms with Crippen molar-refractivity contribution < 1.29 is 9.90 Å². The Kier molecular flexibility index (Phi) is 4.29. The number of amides is 1. The summed E-state index contributed by atoms with van der Waals surface area (Å²) in [5.74, 6) is 0.845. The van der Waals surface area contributed by atoms with Crippen LogP contribution in [0.25, 0.3) is 0 Å². The third-order valence-electron chi connectivity index (χ3n) is 5.23. The highest BCUT2D eigenvalue weighted by Gasteiger charge is 2.31. The van der Waals surface area contributed by atoms with Crippen molar-refractivity contribution in [2.45, 2.75) is 45.1 Å². The van der Waals surface area contributed by atoms with Gasteiger partial charge >= 0.3 is 0 Å². The molecule has 0 spiro atoms. The normalized spacial score (nSPS) is 24.5. The maximum atomic E-state index is 12.7. The number of rotatable bonds is 2. The molecule has 1 aliphatic heterocycles. The van der Waals surface area contributed by atoms with Crippen LogP contribution in [0.15, 0.2) is 24.3 Å². The van der Waals surface area contributed by atoms with Gasteiger partial charge in [0.25, 0.3) is 0 Å². The van der Waals surface area contributed by atoms with Gasteiger partial charge in [0.15, 0.2) is 0 Å². The molecule has 2 unspecified atom stereocenters. The molecule has 1 saturated heterocycles. The summed E-state index contributed by atoms with van der Waals surface area (Å²) >= 11 is 0. The van der Waals surface area contributed by atoms with E-state index in [2.05, 4.69) is 24.3 Å². The molecule has 1 aliphatic carbocycles. The molecule has 1 fully saturated rings. The number of carbonyl (C=O) groups excluding carboxylic acids is 1. The molecule has 0 radical (unpaired) electrons. The van der Waals surface area contributed by atoms with E-state index >= 15 is 0 Å². The summed E-state index contributed by atoms with van der Waals surface area (Å²) in [6.45, 7) is 3.49. The second kappa shape index (κ2) is 6.18. The highest BCUT2D eigenvalue weighted by atomic mass is 16.3. The molecule has 114 valence electrons. The summed E-state index contributed by atoms with van der Waals surface area (Å²) in [6, 6.07) is 8.50. The standard InChI is InChI=1S/C18H25NO2/c1-13(20)14-8-10-19(11-9-14)18(21)17-7-6-15-4-2-3-5-16(15)12-17/h2-5,13-14,17,20H,6-12H2,1H3. The van der Waals surface area contributed by atoms with Gasteiger partial charge in [-0.1, -0.05) is 24.3 Å². The number of nitrogens with zero attached hydrogens (tertiary/aromatic N) is 1. The monoisotopic (exact) mass is 287 g/mol. The largest absolute Gasteiger partial charge is 0.393 e. The number of piperidine rings is 1. The van der Waals surface area contributed by atoms with E-state index in [4.69, 9.17) is 0 Å². The van der Waals surface area contributed by atoms with Crippen LogP contribution < -0.4 is 0 Å². The minimum atomic E-state index is -0.246. The lowest BCUT2D eigenvalue weighted by Gasteiger charge is -2.36. The molecule has 3 heteroatoms. The van der Waals surface area contributed by atoms with Crippen molar-refractivity contribution in [2.75, 3.05) is 13.1 Å². The Morgan fingerprint density at radius 1 is 1.19 bits per heavy atom. The Balaban J connectivity index is 1.60. The van der Waals surface area contributed by atoms with Crippen molar-refractivity contribution in [1.29, 1.82) is 0 Å². The number of fused-ring (bicyclic) bond motifs is 1. The van der Waals surface area contributed by atoms with Gasteiger partial charge in [-0.2, -0.15) is 0 Å². The minimum Gasteiger partial charge on any atom is -0.393 e. The topological polar surface area (TPSA) is 40.5 Å². The quantitative estimate of drug-likeness (QED) is 0.907. The first-order chi connectivity index (χ1) is 10.1. The van der Waals surface area contributed by atoms with Crippen molar-refractivity contribution >= 4 is 5.91 Å². The fraction of sp³-hybridized carbons (Fsp3) is 0.611. The molecule has 21 heavy (non-hydrogen) atoms. The molecule has 0 bridgehead atoms. The van der Waals surface area contributed by atoms with Gasteiger partial charge in [-0.15, -0.1) is 0 Å². The van der Waals surface area contributed by atoms with Crippen molar-refractivity contribution in [3.05, 3.63) is 35.4 Å². The van der Waals surface area contributed by atoms with E-state index in [-0.39, 0.29) is 12.0 Å². The molecule has 1 aromatic rings. The fourth-order valence-corrected chi connectivity index (χ4v) is 3.77. The van der Waals surface area contributed by atoms with Crippen LogP contribution in [0, 0.1) is 11.8 Å². The second-order valence-corrected chi connectivity index (χ2v) is 6.61. The first-order valence-electron chi connectivity index (χ1n) is 8.19. The predicted octanol–water partition coefficient (Wildman–Crippen LogP) is 2.41. The molecule has 1 amide bonds. The van der Waals surface area contributed by atoms with Crippen molar-refractivity contribution in [2.24, 2.45) is 11.8 Å². The molecule has 3 rings (SSSR count). The minimum absolute atomic E-state index is 0.156. The van der Waals surface area contributed by atoms with Gasteiger partial charge in [0.1, 0.15) is 0 Å². The third-order valence-corrected chi connectivity index (χ3v) is 5.23. The van der Waals surface area contributed by atoms with Crippen LogP contribution in [-0.2, 0) is 17.6 Å². The van der Waals surface area contributed by atoms with Crippen molar-refractivity contribution in [3.63, 3.8) is 0 Å². The van der Waals surface area contributed by atoms with Crippen LogP contribution in [0.3, 0.4) is 0 Å². The van der Waals surface area contributed by atoms with Crippen LogP contribution in [0.4, 0.5) is 0 Å². The Morgan fingerprint density at radius 2 is 1.86 bits per heavy atom. The summed E-state index contributed by atoms with van der Waals surface area (Å²) in [5, 5.41) is 9.66. The smallest absolute Gasteiger partial charge is 0.226 e. The van der Waals surface area contributed by atoms with Crippen LogP contribution in [-0.4, -0.2) is 35.1 Å². The molecule has 1 heterocycles. The van der Waals surface area contributed by atoms with Gasteiger partial charge in [-0.05, 0) is 56.1 Å². The van der Waals surface area contributed by atoms with Crippen LogP contribution in [0.2, 0.25) is 0 Å². The number of hydrogen-bond donors (Lipinski definition) is 1. The van der Waals surface area contributed by atoms with E-state index in [1.165, 1.54) is 11.1 Å². The molecule has 1 N–H and O–H groups in total.